The van der Waals surface area contributed by atoms with E-state index in [0.717, 1.165) is 38.4 Å². The smallest absolute Gasteiger partial charge is 0.223 e. The van der Waals surface area contributed by atoms with Crippen LogP contribution in [0.4, 0.5) is 0 Å². The van der Waals surface area contributed by atoms with E-state index in [4.69, 9.17) is 4.74 Å². The van der Waals surface area contributed by atoms with Crippen LogP contribution in [0.1, 0.15) is 44.9 Å². The van der Waals surface area contributed by atoms with Crippen molar-refractivity contribution >= 4 is 15.9 Å². The van der Waals surface area contributed by atoms with E-state index in [1.54, 1.807) is 0 Å². The highest BCUT2D eigenvalue weighted by atomic mass is 32.2. The molecule has 3 fully saturated rings. The Kier molecular flexibility index (Phi) is 4.75. The molecule has 3 aliphatic rings. The molecule has 0 aromatic rings. The van der Waals surface area contributed by atoms with E-state index in [1.807, 2.05) is 0 Å². The van der Waals surface area contributed by atoms with E-state index in [9.17, 15) is 13.2 Å². The zero-order chi connectivity index (χ0) is 15.7. The molecule has 1 aliphatic heterocycles. The summed E-state index contributed by atoms with van der Waals surface area (Å²) in [6.45, 7) is 0.646. The van der Waals surface area contributed by atoms with Crippen molar-refractivity contribution in [2.45, 2.75) is 63.1 Å². The van der Waals surface area contributed by atoms with E-state index in [1.165, 1.54) is 12.8 Å². The number of hydrogen-bond acceptors (Lipinski definition) is 4. The van der Waals surface area contributed by atoms with Crippen molar-refractivity contribution in [1.82, 2.24) is 10.0 Å². The van der Waals surface area contributed by atoms with Gasteiger partial charge in [-0.3, -0.25) is 4.79 Å². The Morgan fingerprint density at radius 3 is 2.36 bits per heavy atom. The normalized spacial score (nSPS) is 36.2. The number of carbonyl (C=O) groups excluding carboxylic acids is 1. The average molecular weight is 330 g/mol. The van der Waals surface area contributed by atoms with Gasteiger partial charge in [0.15, 0.2) is 0 Å². The van der Waals surface area contributed by atoms with E-state index in [-0.39, 0.29) is 35.9 Å². The van der Waals surface area contributed by atoms with E-state index < -0.39 is 10.0 Å². The third-order valence-corrected chi connectivity index (χ3v) is 5.97. The van der Waals surface area contributed by atoms with Gasteiger partial charge in [-0.05, 0) is 19.3 Å². The van der Waals surface area contributed by atoms with Gasteiger partial charge < -0.3 is 10.1 Å². The van der Waals surface area contributed by atoms with Gasteiger partial charge in [-0.25, -0.2) is 13.1 Å². The van der Waals surface area contributed by atoms with Crippen LogP contribution in [0.3, 0.4) is 0 Å². The zero-order valence-electron chi connectivity index (χ0n) is 13.1. The number of rotatable bonds is 4. The molecule has 2 saturated carbocycles. The Morgan fingerprint density at radius 2 is 1.73 bits per heavy atom. The first-order chi connectivity index (χ1) is 10.5. The molecule has 2 N–H and O–H groups in total. The van der Waals surface area contributed by atoms with Crippen LogP contribution in [0.2, 0.25) is 0 Å². The summed E-state index contributed by atoms with van der Waals surface area (Å²) < 4.78 is 31.3. The summed E-state index contributed by atoms with van der Waals surface area (Å²) in [5.74, 6) is 0.425. The average Bonchev–Trinajstić information content (AvgIpc) is 2.67. The number of fused-ring (bicyclic) bond motifs is 1. The maximum Gasteiger partial charge on any atom is 0.223 e. The molecule has 1 heterocycles. The lowest BCUT2D eigenvalue weighted by atomic mass is 9.72. The third kappa shape index (κ3) is 3.46. The van der Waals surface area contributed by atoms with Gasteiger partial charge in [-0.2, -0.15) is 0 Å². The summed E-state index contributed by atoms with van der Waals surface area (Å²) in [6.07, 6.45) is 8.51. The summed E-state index contributed by atoms with van der Waals surface area (Å²) in [7, 11) is -3.30. The highest BCUT2D eigenvalue weighted by Gasteiger charge is 2.55. The molecule has 126 valence electrons. The molecule has 1 saturated heterocycles. The fourth-order valence-corrected chi connectivity index (χ4v) is 4.89. The quantitative estimate of drug-likeness (QED) is 0.746. The van der Waals surface area contributed by atoms with Crippen molar-refractivity contribution < 1.29 is 17.9 Å². The molecule has 0 radical (unpaired) electrons. The SMILES string of the molecule is CS(=O)(=O)N[C@H]1[C@H](NC(=O)C2CCCCCC2)[C@@H]2CCO[C@@H]21. The van der Waals surface area contributed by atoms with Gasteiger partial charge in [0.25, 0.3) is 0 Å². The van der Waals surface area contributed by atoms with Crippen LogP contribution in [0.5, 0.6) is 0 Å². The van der Waals surface area contributed by atoms with Gasteiger partial charge in [0, 0.05) is 18.4 Å². The summed E-state index contributed by atoms with van der Waals surface area (Å²) in [6, 6.07) is -0.449. The standard InChI is InChI=1S/C15H26N2O4S/c1-22(19,20)17-13-12(11-8-9-21-14(11)13)16-15(18)10-6-4-2-3-5-7-10/h10-14,17H,2-9H2,1H3,(H,16,18)/t11-,12+,13-,14-/m0/s1. The molecular formula is C15H26N2O4S. The minimum absolute atomic E-state index is 0.0859. The van der Waals surface area contributed by atoms with Crippen LogP contribution >= 0.6 is 0 Å². The first-order valence-electron chi connectivity index (χ1n) is 8.35. The van der Waals surface area contributed by atoms with Crippen molar-refractivity contribution in [2.24, 2.45) is 11.8 Å². The van der Waals surface area contributed by atoms with Crippen molar-refractivity contribution in [1.29, 1.82) is 0 Å². The number of amides is 1. The summed E-state index contributed by atoms with van der Waals surface area (Å²) >= 11 is 0. The third-order valence-electron chi connectivity index (χ3n) is 5.27. The van der Waals surface area contributed by atoms with Gasteiger partial charge in [0.05, 0.1) is 24.4 Å². The van der Waals surface area contributed by atoms with Crippen LogP contribution in [-0.2, 0) is 19.6 Å². The van der Waals surface area contributed by atoms with Crippen molar-refractivity contribution in [2.75, 3.05) is 12.9 Å². The summed E-state index contributed by atoms with van der Waals surface area (Å²) in [5, 5.41) is 3.11. The van der Waals surface area contributed by atoms with Crippen LogP contribution in [0.25, 0.3) is 0 Å². The largest absolute Gasteiger partial charge is 0.376 e. The molecule has 0 unspecified atom stereocenters. The molecule has 0 aromatic carbocycles. The van der Waals surface area contributed by atoms with Gasteiger partial charge in [0.2, 0.25) is 15.9 Å². The molecule has 0 aromatic heterocycles. The molecule has 2 aliphatic carbocycles. The van der Waals surface area contributed by atoms with Crippen LogP contribution in [-0.4, -0.2) is 45.4 Å². The predicted octanol–water partition coefficient (Wildman–Crippen LogP) is 0.778. The lowest BCUT2D eigenvalue weighted by Crippen LogP contribution is -2.71. The lowest BCUT2D eigenvalue weighted by Gasteiger charge is -2.47. The molecule has 1 amide bonds. The molecule has 6 nitrogen and oxygen atoms in total. The highest BCUT2D eigenvalue weighted by Crippen LogP contribution is 2.39. The molecule has 4 atom stereocenters. The topological polar surface area (TPSA) is 84.5 Å². The van der Waals surface area contributed by atoms with Crippen LogP contribution < -0.4 is 10.0 Å². The Morgan fingerprint density at radius 1 is 1.05 bits per heavy atom. The maximum atomic E-state index is 12.5. The highest BCUT2D eigenvalue weighted by molar-refractivity contribution is 7.88. The molecule has 22 heavy (non-hydrogen) atoms. The van der Waals surface area contributed by atoms with Crippen LogP contribution in [0.15, 0.2) is 0 Å². The van der Waals surface area contributed by atoms with Gasteiger partial charge >= 0.3 is 0 Å². The molecule has 0 bridgehead atoms. The minimum Gasteiger partial charge on any atom is -0.376 e. The van der Waals surface area contributed by atoms with E-state index in [2.05, 4.69) is 10.0 Å². The number of hydrogen-bond donors (Lipinski definition) is 2. The van der Waals surface area contributed by atoms with E-state index >= 15 is 0 Å². The Labute approximate surface area is 132 Å². The fourth-order valence-electron chi connectivity index (χ4n) is 4.12. The number of sulfonamides is 1. The van der Waals surface area contributed by atoms with Gasteiger partial charge in [-0.1, -0.05) is 25.7 Å². The molecular weight excluding hydrogens is 304 g/mol. The van der Waals surface area contributed by atoms with Crippen molar-refractivity contribution in [3.05, 3.63) is 0 Å². The number of carbonyl (C=O) groups is 1. The Bertz CT molecular complexity index is 514. The summed E-state index contributed by atoms with van der Waals surface area (Å²) in [4.78, 5) is 12.5. The van der Waals surface area contributed by atoms with Crippen molar-refractivity contribution in [3.8, 4) is 0 Å². The molecule has 0 spiro atoms. The van der Waals surface area contributed by atoms with Crippen LogP contribution in [0, 0.1) is 11.8 Å². The van der Waals surface area contributed by atoms with Gasteiger partial charge in [-0.15, -0.1) is 0 Å². The fraction of sp³-hybridized carbons (Fsp3) is 0.933. The number of ether oxygens (including phenoxy) is 1. The molecule has 7 heteroatoms. The Balaban J connectivity index is 1.63. The maximum absolute atomic E-state index is 12.5. The second-order valence-electron chi connectivity index (χ2n) is 6.93. The second kappa shape index (κ2) is 6.45. The van der Waals surface area contributed by atoms with E-state index in [0.29, 0.717) is 6.61 Å². The second-order valence-corrected chi connectivity index (χ2v) is 8.71. The summed E-state index contributed by atoms with van der Waals surface area (Å²) in [5.41, 5.74) is 0. The number of nitrogens with one attached hydrogen (secondary N) is 2. The first-order valence-corrected chi connectivity index (χ1v) is 10.2. The Hall–Kier alpha value is -0.660. The minimum atomic E-state index is -3.30. The lowest BCUT2D eigenvalue weighted by molar-refractivity contribution is -0.129. The first kappa shape index (κ1) is 16.2. The predicted molar refractivity (Wildman–Crippen MR) is 82.7 cm³/mol. The monoisotopic (exact) mass is 330 g/mol. The molecule has 3 rings (SSSR count). The zero-order valence-corrected chi connectivity index (χ0v) is 13.9. The van der Waals surface area contributed by atoms with Gasteiger partial charge in [0.1, 0.15) is 0 Å². The van der Waals surface area contributed by atoms with Crippen molar-refractivity contribution in [3.63, 3.8) is 0 Å².